The lowest BCUT2D eigenvalue weighted by Crippen LogP contribution is -2.19. The molecule has 0 atom stereocenters. The summed E-state index contributed by atoms with van der Waals surface area (Å²) in [5, 5.41) is 4.33. The fourth-order valence-electron chi connectivity index (χ4n) is 2.10. The molecule has 2 heterocycles. The molecule has 9 heteroatoms. The van der Waals surface area contributed by atoms with E-state index in [0.29, 0.717) is 15.7 Å². The largest absolute Gasteiger partial charge is 0.315 e. The van der Waals surface area contributed by atoms with Crippen LogP contribution in [0.15, 0.2) is 23.0 Å². The Kier molecular flexibility index (Phi) is 3.54. The van der Waals surface area contributed by atoms with Crippen molar-refractivity contribution in [3.8, 4) is 0 Å². The van der Waals surface area contributed by atoms with Crippen molar-refractivity contribution in [3.63, 3.8) is 0 Å². The summed E-state index contributed by atoms with van der Waals surface area (Å²) in [5.41, 5.74) is 0.143. The van der Waals surface area contributed by atoms with Crippen molar-refractivity contribution in [2.45, 2.75) is 0 Å². The number of aromatic nitrogens is 4. The SMILES string of the molecule is CN(c1ccc(Cl)c(Cl)c1)c1nc2c(F)nn(C)c2c(=O)[nH]1. The molecular weight excluding hydrogens is 332 g/mol. The molecule has 0 saturated heterocycles. The number of H-pyrrole nitrogens is 1. The van der Waals surface area contributed by atoms with E-state index in [9.17, 15) is 9.18 Å². The average molecular weight is 342 g/mol. The third-order valence-corrected chi connectivity index (χ3v) is 3.99. The Morgan fingerprint density at radius 1 is 1.32 bits per heavy atom. The number of hydrogen-bond donors (Lipinski definition) is 1. The zero-order chi connectivity index (χ0) is 16.0. The van der Waals surface area contributed by atoms with E-state index >= 15 is 0 Å². The number of anilines is 2. The van der Waals surface area contributed by atoms with Crippen molar-refractivity contribution < 1.29 is 4.39 Å². The summed E-state index contributed by atoms with van der Waals surface area (Å²) in [6.45, 7) is 0. The first kappa shape index (κ1) is 14.8. The van der Waals surface area contributed by atoms with E-state index in [1.54, 1.807) is 30.1 Å². The minimum atomic E-state index is -0.799. The number of aryl methyl sites for hydroxylation is 1. The smallest absolute Gasteiger partial charge is 0.278 e. The van der Waals surface area contributed by atoms with Gasteiger partial charge in [-0.2, -0.15) is 4.39 Å². The maximum Gasteiger partial charge on any atom is 0.278 e. The van der Waals surface area contributed by atoms with Gasteiger partial charge in [0.2, 0.25) is 5.95 Å². The monoisotopic (exact) mass is 341 g/mol. The summed E-state index contributed by atoms with van der Waals surface area (Å²) in [5.74, 6) is -0.629. The standard InChI is InChI=1S/C13H10Cl2FN5O/c1-20(6-3-4-7(14)8(15)5-6)13-17-9-10(12(22)18-13)21(2)19-11(9)16/h3-5H,1-2H3,(H,17,18,22). The maximum absolute atomic E-state index is 13.7. The lowest BCUT2D eigenvalue weighted by molar-refractivity contribution is 0.560. The highest BCUT2D eigenvalue weighted by Crippen LogP contribution is 2.29. The van der Waals surface area contributed by atoms with E-state index in [1.807, 2.05) is 0 Å². The van der Waals surface area contributed by atoms with Gasteiger partial charge in [-0.25, -0.2) is 4.98 Å². The first-order valence-corrected chi connectivity index (χ1v) is 6.95. The molecule has 0 unspecified atom stereocenters. The molecular formula is C13H10Cl2FN5O. The van der Waals surface area contributed by atoms with E-state index < -0.39 is 11.5 Å². The van der Waals surface area contributed by atoms with Gasteiger partial charge in [0.25, 0.3) is 11.5 Å². The summed E-state index contributed by atoms with van der Waals surface area (Å²) in [4.78, 5) is 20.4. The summed E-state index contributed by atoms with van der Waals surface area (Å²) in [6, 6.07) is 4.95. The minimum absolute atomic E-state index is 0.0730. The second-order valence-electron chi connectivity index (χ2n) is 4.66. The van der Waals surface area contributed by atoms with Crippen LogP contribution in [-0.2, 0) is 7.05 Å². The quantitative estimate of drug-likeness (QED) is 0.778. The lowest BCUT2D eigenvalue weighted by atomic mass is 10.3. The molecule has 0 aliphatic carbocycles. The van der Waals surface area contributed by atoms with Gasteiger partial charge < -0.3 is 4.90 Å². The van der Waals surface area contributed by atoms with Gasteiger partial charge in [0.05, 0.1) is 10.0 Å². The normalized spacial score (nSPS) is 11.1. The molecule has 0 spiro atoms. The highest BCUT2D eigenvalue weighted by molar-refractivity contribution is 6.42. The van der Waals surface area contributed by atoms with Crippen LogP contribution in [0.3, 0.4) is 0 Å². The number of rotatable bonds is 2. The molecule has 0 amide bonds. The van der Waals surface area contributed by atoms with Crippen molar-refractivity contribution in [2.24, 2.45) is 7.05 Å². The number of fused-ring (bicyclic) bond motifs is 1. The molecule has 3 aromatic rings. The van der Waals surface area contributed by atoms with Gasteiger partial charge in [0.1, 0.15) is 0 Å². The molecule has 0 bridgehead atoms. The number of benzene rings is 1. The van der Waals surface area contributed by atoms with Crippen molar-refractivity contribution in [1.82, 2.24) is 19.7 Å². The molecule has 22 heavy (non-hydrogen) atoms. The lowest BCUT2D eigenvalue weighted by Gasteiger charge is -2.18. The van der Waals surface area contributed by atoms with E-state index in [0.717, 1.165) is 4.68 Å². The van der Waals surface area contributed by atoms with Gasteiger partial charge in [-0.1, -0.05) is 23.2 Å². The van der Waals surface area contributed by atoms with Crippen molar-refractivity contribution in [2.75, 3.05) is 11.9 Å². The first-order valence-electron chi connectivity index (χ1n) is 6.20. The first-order chi connectivity index (χ1) is 10.4. The zero-order valence-electron chi connectivity index (χ0n) is 11.6. The molecule has 0 saturated carbocycles. The van der Waals surface area contributed by atoms with Crippen LogP contribution >= 0.6 is 23.2 Å². The Bertz CT molecular complexity index is 936. The van der Waals surface area contributed by atoms with E-state index in [-0.39, 0.29) is 17.0 Å². The number of aromatic amines is 1. The second kappa shape index (κ2) is 5.26. The second-order valence-corrected chi connectivity index (χ2v) is 5.47. The molecule has 6 nitrogen and oxygen atoms in total. The Hall–Kier alpha value is -2.12. The molecule has 114 valence electrons. The molecule has 1 aromatic carbocycles. The molecule has 0 radical (unpaired) electrons. The van der Waals surface area contributed by atoms with Crippen LogP contribution in [0.4, 0.5) is 16.0 Å². The molecule has 2 aromatic heterocycles. The van der Waals surface area contributed by atoms with Crippen LogP contribution < -0.4 is 10.5 Å². The molecule has 0 fully saturated rings. The number of halogens is 3. The Labute approximate surface area is 134 Å². The highest BCUT2D eigenvalue weighted by atomic mass is 35.5. The molecule has 0 aliphatic heterocycles. The summed E-state index contributed by atoms with van der Waals surface area (Å²) in [6.07, 6.45) is 0. The third-order valence-electron chi connectivity index (χ3n) is 3.25. The van der Waals surface area contributed by atoms with Gasteiger partial charge in [-0.3, -0.25) is 14.5 Å². The summed E-state index contributed by atoms with van der Waals surface area (Å²) >= 11 is 11.8. The summed E-state index contributed by atoms with van der Waals surface area (Å²) < 4.78 is 14.9. The molecule has 0 aliphatic rings. The Balaban J connectivity index is 2.15. The predicted octanol–water partition coefficient (Wildman–Crippen LogP) is 2.87. The van der Waals surface area contributed by atoms with Crippen LogP contribution in [0.5, 0.6) is 0 Å². The van der Waals surface area contributed by atoms with Gasteiger partial charge >= 0.3 is 0 Å². The number of nitrogens with zero attached hydrogens (tertiary/aromatic N) is 4. The Morgan fingerprint density at radius 3 is 2.73 bits per heavy atom. The van der Waals surface area contributed by atoms with Gasteiger partial charge in [0.15, 0.2) is 11.0 Å². The van der Waals surface area contributed by atoms with Crippen LogP contribution in [0.1, 0.15) is 0 Å². The van der Waals surface area contributed by atoms with Crippen LogP contribution in [0, 0.1) is 5.95 Å². The third kappa shape index (κ3) is 2.32. The molecule has 1 N–H and O–H groups in total. The number of nitrogens with one attached hydrogen (secondary N) is 1. The fraction of sp³-hybridized carbons (Fsp3) is 0.154. The van der Waals surface area contributed by atoms with E-state index in [1.165, 1.54) is 7.05 Å². The van der Waals surface area contributed by atoms with Gasteiger partial charge in [-0.05, 0) is 18.2 Å². The van der Waals surface area contributed by atoms with Gasteiger partial charge in [-0.15, -0.1) is 5.10 Å². The minimum Gasteiger partial charge on any atom is -0.315 e. The maximum atomic E-state index is 13.7. The van der Waals surface area contributed by atoms with E-state index in [2.05, 4.69) is 15.1 Å². The van der Waals surface area contributed by atoms with Crippen molar-refractivity contribution >= 4 is 45.9 Å². The average Bonchev–Trinajstić information content (AvgIpc) is 2.76. The molecule has 3 rings (SSSR count). The van der Waals surface area contributed by atoms with Crippen molar-refractivity contribution in [3.05, 3.63) is 44.5 Å². The highest BCUT2D eigenvalue weighted by Gasteiger charge is 2.17. The van der Waals surface area contributed by atoms with E-state index in [4.69, 9.17) is 23.2 Å². The topological polar surface area (TPSA) is 66.8 Å². The van der Waals surface area contributed by atoms with Crippen LogP contribution in [0.25, 0.3) is 11.0 Å². The summed E-state index contributed by atoms with van der Waals surface area (Å²) in [7, 11) is 3.14. The van der Waals surface area contributed by atoms with Gasteiger partial charge in [0, 0.05) is 19.8 Å². The fourth-order valence-corrected chi connectivity index (χ4v) is 2.40. The Morgan fingerprint density at radius 2 is 2.05 bits per heavy atom. The predicted molar refractivity (Wildman–Crippen MR) is 83.6 cm³/mol. The van der Waals surface area contributed by atoms with Crippen LogP contribution in [0.2, 0.25) is 10.0 Å². The van der Waals surface area contributed by atoms with Crippen molar-refractivity contribution in [1.29, 1.82) is 0 Å². The zero-order valence-corrected chi connectivity index (χ0v) is 13.1. The van der Waals surface area contributed by atoms with Crippen LogP contribution in [-0.4, -0.2) is 26.8 Å². The number of hydrogen-bond acceptors (Lipinski definition) is 4.